The Labute approximate surface area is 106 Å². The van der Waals surface area contributed by atoms with Gasteiger partial charge in [0.05, 0.1) is 7.11 Å². The molecule has 0 amide bonds. The van der Waals surface area contributed by atoms with Gasteiger partial charge in [-0.15, -0.1) is 0 Å². The molecule has 0 radical (unpaired) electrons. The maximum Gasteiger partial charge on any atom is 0.492 e. The molecule has 1 aliphatic heterocycles. The molecule has 6 heteroatoms. The maximum atomic E-state index is 13.8. The third kappa shape index (κ3) is 2.83. The molecule has 0 saturated carbocycles. The molecule has 0 bridgehead atoms. The van der Waals surface area contributed by atoms with Crippen LogP contribution >= 0.6 is 0 Å². The minimum atomic E-state index is -1.73. The number of rotatable bonds is 4. The van der Waals surface area contributed by atoms with Crippen molar-refractivity contribution in [1.29, 1.82) is 0 Å². The van der Waals surface area contributed by atoms with Gasteiger partial charge in [-0.05, 0) is 37.6 Å². The Morgan fingerprint density at radius 2 is 2.00 bits per heavy atom. The van der Waals surface area contributed by atoms with Gasteiger partial charge in [0.2, 0.25) is 0 Å². The third-order valence-corrected chi connectivity index (χ3v) is 3.22. The highest BCUT2D eigenvalue weighted by Gasteiger charge is 2.22. The molecule has 1 aliphatic rings. The lowest BCUT2D eigenvalue weighted by Crippen LogP contribution is -2.33. The number of hydrogen-bond acceptors (Lipinski definition) is 4. The summed E-state index contributed by atoms with van der Waals surface area (Å²) < 4.78 is 18.6. The number of ether oxygens (including phenoxy) is 1. The van der Waals surface area contributed by atoms with Crippen molar-refractivity contribution in [2.45, 2.75) is 19.4 Å². The van der Waals surface area contributed by atoms with Gasteiger partial charge in [-0.2, -0.15) is 0 Å². The topological polar surface area (TPSA) is 52.9 Å². The summed E-state index contributed by atoms with van der Waals surface area (Å²) in [5, 5.41) is 18.5. The number of methoxy groups -OCH3 is 1. The maximum absolute atomic E-state index is 13.8. The zero-order valence-electron chi connectivity index (χ0n) is 10.4. The second kappa shape index (κ2) is 5.69. The van der Waals surface area contributed by atoms with Crippen molar-refractivity contribution in [3.63, 3.8) is 0 Å². The highest BCUT2D eigenvalue weighted by Crippen LogP contribution is 2.19. The van der Waals surface area contributed by atoms with Gasteiger partial charge < -0.3 is 14.8 Å². The molecule has 0 aromatic heterocycles. The average Bonchev–Trinajstić information content (AvgIpc) is 2.81. The molecule has 0 spiro atoms. The van der Waals surface area contributed by atoms with Crippen molar-refractivity contribution in [1.82, 2.24) is 4.90 Å². The Morgan fingerprint density at radius 3 is 2.56 bits per heavy atom. The molecule has 0 unspecified atom stereocenters. The zero-order valence-corrected chi connectivity index (χ0v) is 10.4. The van der Waals surface area contributed by atoms with Crippen LogP contribution in [0.3, 0.4) is 0 Å². The van der Waals surface area contributed by atoms with E-state index in [4.69, 9.17) is 4.74 Å². The fourth-order valence-corrected chi connectivity index (χ4v) is 2.37. The first-order valence-electron chi connectivity index (χ1n) is 6.06. The van der Waals surface area contributed by atoms with Crippen LogP contribution in [0.15, 0.2) is 12.1 Å². The van der Waals surface area contributed by atoms with Crippen molar-refractivity contribution in [2.24, 2.45) is 0 Å². The van der Waals surface area contributed by atoms with Gasteiger partial charge in [0, 0.05) is 12.0 Å². The summed E-state index contributed by atoms with van der Waals surface area (Å²) in [5.74, 6) is -0.660. The molecular weight excluding hydrogens is 236 g/mol. The summed E-state index contributed by atoms with van der Waals surface area (Å²) in [6.45, 7) is 2.63. The zero-order chi connectivity index (χ0) is 13.1. The van der Waals surface area contributed by atoms with E-state index in [-0.39, 0.29) is 11.2 Å². The molecule has 18 heavy (non-hydrogen) atoms. The van der Waals surface area contributed by atoms with E-state index in [1.54, 1.807) is 6.07 Å². The monoisotopic (exact) mass is 253 g/mol. The second-order valence-electron chi connectivity index (χ2n) is 4.56. The van der Waals surface area contributed by atoms with Crippen LogP contribution in [0, 0.1) is 5.82 Å². The molecule has 1 aromatic carbocycles. The molecule has 2 N–H and O–H groups in total. The summed E-state index contributed by atoms with van der Waals surface area (Å²) in [6.07, 6.45) is 2.32. The largest absolute Gasteiger partial charge is 0.494 e. The van der Waals surface area contributed by atoms with Crippen LogP contribution in [0.2, 0.25) is 0 Å². The predicted molar refractivity (Wildman–Crippen MR) is 67.3 cm³/mol. The van der Waals surface area contributed by atoms with Gasteiger partial charge in [-0.25, -0.2) is 4.39 Å². The van der Waals surface area contributed by atoms with E-state index in [9.17, 15) is 14.4 Å². The SMILES string of the molecule is COc1c(F)cc(CN2CCCC2)cc1B(O)O. The normalized spacial score (nSPS) is 16.0. The smallest absolute Gasteiger partial charge is 0.492 e. The van der Waals surface area contributed by atoms with Gasteiger partial charge in [-0.1, -0.05) is 6.07 Å². The van der Waals surface area contributed by atoms with Crippen molar-refractivity contribution in [2.75, 3.05) is 20.2 Å². The fraction of sp³-hybridized carbons (Fsp3) is 0.500. The van der Waals surface area contributed by atoms with E-state index >= 15 is 0 Å². The van der Waals surface area contributed by atoms with Crippen LogP contribution in [-0.4, -0.2) is 42.3 Å². The van der Waals surface area contributed by atoms with E-state index in [2.05, 4.69) is 4.90 Å². The third-order valence-electron chi connectivity index (χ3n) is 3.22. The summed E-state index contributed by atoms with van der Waals surface area (Å²) >= 11 is 0. The first kappa shape index (κ1) is 13.3. The predicted octanol–water partition coefficient (Wildman–Crippen LogP) is 0.110. The number of likely N-dealkylation sites (tertiary alicyclic amines) is 1. The van der Waals surface area contributed by atoms with Crippen molar-refractivity contribution < 1.29 is 19.2 Å². The number of nitrogens with zero attached hydrogens (tertiary/aromatic N) is 1. The Hall–Kier alpha value is -1.11. The molecule has 1 heterocycles. The summed E-state index contributed by atoms with van der Waals surface area (Å²) in [7, 11) is -0.419. The average molecular weight is 253 g/mol. The van der Waals surface area contributed by atoms with Crippen molar-refractivity contribution in [3.05, 3.63) is 23.5 Å². The van der Waals surface area contributed by atoms with Crippen molar-refractivity contribution >= 4 is 12.6 Å². The van der Waals surface area contributed by atoms with Gasteiger partial charge in [0.15, 0.2) is 11.6 Å². The first-order chi connectivity index (χ1) is 8.61. The molecule has 2 rings (SSSR count). The molecule has 1 saturated heterocycles. The van der Waals surface area contributed by atoms with Crippen LogP contribution in [0.5, 0.6) is 5.75 Å². The van der Waals surface area contributed by atoms with Gasteiger partial charge in [0.25, 0.3) is 0 Å². The molecule has 1 fully saturated rings. The summed E-state index contributed by atoms with van der Waals surface area (Å²) in [6, 6.07) is 2.98. The second-order valence-corrected chi connectivity index (χ2v) is 4.56. The number of halogens is 1. The lowest BCUT2D eigenvalue weighted by atomic mass is 9.78. The Morgan fingerprint density at radius 1 is 1.33 bits per heavy atom. The quantitative estimate of drug-likeness (QED) is 0.748. The molecular formula is C12H17BFNO3. The van der Waals surface area contributed by atoms with E-state index < -0.39 is 12.9 Å². The first-order valence-corrected chi connectivity index (χ1v) is 6.06. The molecule has 98 valence electrons. The van der Waals surface area contributed by atoms with Gasteiger partial charge >= 0.3 is 7.12 Å². The van der Waals surface area contributed by atoms with E-state index in [1.807, 2.05) is 0 Å². The van der Waals surface area contributed by atoms with Crippen LogP contribution in [0.4, 0.5) is 4.39 Å². The highest BCUT2D eigenvalue weighted by molar-refractivity contribution is 6.59. The molecule has 0 aliphatic carbocycles. The van der Waals surface area contributed by atoms with Crippen LogP contribution in [-0.2, 0) is 6.54 Å². The van der Waals surface area contributed by atoms with E-state index in [0.29, 0.717) is 6.54 Å². The van der Waals surface area contributed by atoms with E-state index in [1.165, 1.54) is 13.2 Å². The Kier molecular flexibility index (Phi) is 4.21. The van der Waals surface area contributed by atoms with Gasteiger partial charge in [-0.3, -0.25) is 4.90 Å². The lowest BCUT2D eigenvalue weighted by Gasteiger charge is -2.17. The number of hydrogen-bond donors (Lipinski definition) is 2. The molecule has 4 nitrogen and oxygen atoms in total. The fourth-order valence-electron chi connectivity index (χ4n) is 2.37. The minimum absolute atomic E-state index is 0.0756. The Bertz CT molecular complexity index is 422. The minimum Gasteiger partial charge on any atom is -0.494 e. The molecule has 1 aromatic rings. The molecule has 0 atom stereocenters. The van der Waals surface area contributed by atoms with Crippen LogP contribution in [0.1, 0.15) is 18.4 Å². The number of benzene rings is 1. The summed E-state index contributed by atoms with van der Waals surface area (Å²) in [5.41, 5.74) is 0.810. The van der Waals surface area contributed by atoms with E-state index in [0.717, 1.165) is 31.5 Å². The van der Waals surface area contributed by atoms with Crippen LogP contribution in [0.25, 0.3) is 0 Å². The van der Waals surface area contributed by atoms with Gasteiger partial charge in [0.1, 0.15) is 0 Å². The summed E-state index contributed by atoms with van der Waals surface area (Å²) in [4.78, 5) is 2.22. The van der Waals surface area contributed by atoms with Crippen molar-refractivity contribution in [3.8, 4) is 5.75 Å². The lowest BCUT2D eigenvalue weighted by molar-refractivity contribution is 0.329. The Balaban J connectivity index is 2.25. The van der Waals surface area contributed by atoms with Crippen LogP contribution < -0.4 is 10.2 Å². The highest BCUT2D eigenvalue weighted by atomic mass is 19.1. The standard InChI is InChI=1S/C12H17BFNO3/c1-18-12-10(13(16)17)6-9(7-11(12)14)8-15-4-2-3-5-15/h6-7,16-17H,2-5,8H2,1H3.